The molecule has 0 aliphatic carbocycles. The Labute approximate surface area is 93.2 Å². The highest BCUT2D eigenvalue weighted by atomic mass is 16.4. The van der Waals surface area contributed by atoms with Gasteiger partial charge in [0.15, 0.2) is 0 Å². The summed E-state index contributed by atoms with van der Waals surface area (Å²) in [5.74, 6) is -2.82. The molecule has 0 aromatic rings. The van der Waals surface area contributed by atoms with Gasteiger partial charge < -0.3 is 21.9 Å². The second kappa shape index (κ2) is 6.06. The van der Waals surface area contributed by atoms with Crippen molar-refractivity contribution in [2.24, 2.45) is 17.4 Å². The quantitative estimate of drug-likeness (QED) is 0.437. The molecule has 0 spiro atoms. The Hall–Kier alpha value is -1.63. The smallest absolute Gasteiger partial charge is 0.326 e. The molecule has 0 bridgehead atoms. The van der Waals surface area contributed by atoms with Crippen LogP contribution in [0.1, 0.15) is 20.3 Å². The molecule has 0 unspecified atom stereocenters. The van der Waals surface area contributed by atoms with Gasteiger partial charge in [-0.25, -0.2) is 4.79 Å². The molecule has 0 aliphatic rings. The molecule has 7 nitrogen and oxygen atoms in total. The van der Waals surface area contributed by atoms with Gasteiger partial charge in [0.2, 0.25) is 11.8 Å². The van der Waals surface area contributed by atoms with Crippen molar-refractivity contribution in [1.29, 1.82) is 0 Å². The van der Waals surface area contributed by atoms with Crippen LogP contribution < -0.4 is 16.8 Å². The summed E-state index contributed by atoms with van der Waals surface area (Å²) in [5.41, 5.74) is 10.2. The first-order chi connectivity index (χ1) is 7.25. The van der Waals surface area contributed by atoms with E-state index in [1.807, 2.05) is 0 Å². The summed E-state index contributed by atoms with van der Waals surface area (Å²) in [7, 11) is 0. The Morgan fingerprint density at radius 3 is 2.12 bits per heavy atom. The van der Waals surface area contributed by atoms with Gasteiger partial charge in [0.1, 0.15) is 6.04 Å². The Bertz CT molecular complexity index is 290. The van der Waals surface area contributed by atoms with Crippen LogP contribution in [0.3, 0.4) is 0 Å². The second-order valence-electron chi connectivity index (χ2n) is 3.85. The number of carbonyl (C=O) groups excluding carboxylic acids is 2. The van der Waals surface area contributed by atoms with Gasteiger partial charge in [-0.15, -0.1) is 0 Å². The fraction of sp³-hybridized carbons (Fsp3) is 0.667. The van der Waals surface area contributed by atoms with E-state index in [1.165, 1.54) is 0 Å². The number of carboxylic acids is 1. The lowest BCUT2D eigenvalue weighted by Crippen LogP contribution is -2.51. The predicted octanol–water partition coefficient (Wildman–Crippen LogP) is -1.59. The Morgan fingerprint density at radius 2 is 1.81 bits per heavy atom. The minimum absolute atomic E-state index is 0.276. The van der Waals surface area contributed by atoms with E-state index in [4.69, 9.17) is 16.6 Å². The Balaban J connectivity index is 4.40. The maximum atomic E-state index is 11.4. The zero-order valence-electron chi connectivity index (χ0n) is 9.27. The lowest BCUT2D eigenvalue weighted by atomic mass is 10.0. The molecule has 0 saturated heterocycles. The van der Waals surface area contributed by atoms with Crippen LogP contribution in [0.15, 0.2) is 0 Å². The van der Waals surface area contributed by atoms with Crippen molar-refractivity contribution in [1.82, 2.24) is 5.32 Å². The van der Waals surface area contributed by atoms with E-state index in [2.05, 4.69) is 5.32 Å². The minimum atomic E-state index is -1.14. The van der Waals surface area contributed by atoms with Crippen LogP contribution in [0, 0.1) is 5.92 Å². The zero-order chi connectivity index (χ0) is 12.9. The van der Waals surface area contributed by atoms with Gasteiger partial charge in [-0.1, -0.05) is 13.8 Å². The van der Waals surface area contributed by atoms with Crippen molar-refractivity contribution >= 4 is 17.8 Å². The molecule has 0 saturated carbocycles. The van der Waals surface area contributed by atoms with Crippen LogP contribution in [0.4, 0.5) is 0 Å². The van der Waals surface area contributed by atoms with Crippen molar-refractivity contribution in [2.75, 3.05) is 0 Å². The van der Waals surface area contributed by atoms with Crippen molar-refractivity contribution in [3.63, 3.8) is 0 Å². The molecule has 2 amide bonds. The molecule has 7 heteroatoms. The number of hydrogen-bond donors (Lipinski definition) is 4. The maximum Gasteiger partial charge on any atom is 0.326 e. The van der Waals surface area contributed by atoms with E-state index in [-0.39, 0.29) is 12.3 Å². The Morgan fingerprint density at radius 1 is 1.31 bits per heavy atom. The highest BCUT2D eigenvalue weighted by Gasteiger charge is 2.26. The lowest BCUT2D eigenvalue weighted by Gasteiger charge is -2.19. The number of nitrogens with one attached hydrogen (secondary N) is 1. The first kappa shape index (κ1) is 14.4. The van der Waals surface area contributed by atoms with E-state index in [0.29, 0.717) is 0 Å². The zero-order valence-corrected chi connectivity index (χ0v) is 9.27. The van der Waals surface area contributed by atoms with Gasteiger partial charge in [-0.2, -0.15) is 0 Å². The number of amides is 2. The molecule has 0 aromatic carbocycles. The summed E-state index contributed by atoms with van der Waals surface area (Å²) in [6.45, 7) is 3.30. The summed E-state index contributed by atoms with van der Waals surface area (Å²) >= 11 is 0. The molecule has 0 rings (SSSR count). The first-order valence-electron chi connectivity index (χ1n) is 4.82. The topological polar surface area (TPSA) is 136 Å². The molecule has 92 valence electrons. The number of nitrogens with two attached hydrogens (primary N) is 2. The molecule has 0 heterocycles. The third-order valence-electron chi connectivity index (χ3n) is 1.99. The molecular formula is C9H17N3O4. The normalized spacial score (nSPS) is 14.2. The van der Waals surface area contributed by atoms with E-state index in [1.54, 1.807) is 13.8 Å². The van der Waals surface area contributed by atoms with Crippen LogP contribution in [-0.2, 0) is 14.4 Å². The third kappa shape index (κ3) is 4.74. The van der Waals surface area contributed by atoms with Crippen LogP contribution in [0.5, 0.6) is 0 Å². The molecule has 0 radical (unpaired) electrons. The monoisotopic (exact) mass is 231 g/mol. The summed E-state index contributed by atoms with van der Waals surface area (Å²) in [4.78, 5) is 32.7. The van der Waals surface area contributed by atoms with Gasteiger partial charge in [-0.3, -0.25) is 9.59 Å². The van der Waals surface area contributed by atoms with Gasteiger partial charge in [0.25, 0.3) is 0 Å². The SMILES string of the molecule is CC(C)[C@@H](NC(=O)[C@H](N)CC(N)=O)C(=O)O. The average molecular weight is 231 g/mol. The fourth-order valence-corrected chi connectivity index (χ4v) is 1.08. The van der Waals surface area contributed by atoms with Crippen LogP contribution in [0.2, 0.25) is 0 Å². The van der Waals surface area contributed by atoms with Crippen LogP contribution >= 0.6 is 0 Å². The second-order valence-corrected chi connectivity index (χ2v) is 3.85. The van der Waals surface area contributed by atoms with Gasteiger partial charge in [-0.05, 0) is 5.92 Å². The molecule has 16 heavy (non-hydrogen) atoms. The molecule has 0 aliphatic heterocycles. The Kier molecular flexibility index (Phi) is 5.44. The average Bonchev–Trinajstić information content (AvgIpc) is 2.11. The fourth-order valence-electron chi connectivity index (χ4n) is 1.08. The summed E-state index contributed by atoms with van der Waals surface area (Å²) in [5, 5.41) is 11.1. The van der Waals surface area contributed by atoms with E-state index >= 15 is 0 Å². The standard InChI is InChI=1S/C9H17N3O4/c1-4(2)7(9(15)16)12-8(14)5(10)3-6(11)13/h4-5,7H,3,10H2,1-2H3,(H2,11,13)(H,12,14)(H,15,16)/t5-,7-/m1/s1. The summed E-state index contributed by atoms with van der Waals surface area (Å²) in [6.07, 6.45) is -0.309. The largest absolute Gasteiger partial charge is 0.480 e. The first-order valence-corrected chi connectivity index (χ1v) is 4.82. The summed E-state index contributed by atoms with van der Waals surface area (Å²) < 4.78 is 0. The number of carbonyl (C=O) groups is 3. The maximum absolute atomic E-state index is 11.4. The van der Waals surface area contributed by atoms with Crippen molar-refractivity contribution in [3.8, 4) is 0 Å². The van der Waals surface area contributed by atoms with E-state index in [0.717, 1.165) is 0 Å². The lowest BCUT2D eigenvalue weighted by molar-refractivity contribution is -0.143. The highest BCUT2D eigenvalue weighted by molar-refractivity contribution is 5.90. The highest BCUT2D eigenvalue weighted by Crippen LogP contribution is 2.02. The number of rotatable bonds is 6. The van der Waals surface area contributed by atoms with Gasteiger partial charge in [0, 0.05) is 0 Å². The predicted molar refractivity (Wildman–Crippen MR) is 56.2 cm³/mol. The third-order valence-corrected chi connectivity index (χ3v) is 1.99. The van der Waals surface area contributed by atoms with E-state index in [9.17, 15) is 14.4 Å². The molecular weight excluding hydrogens is 214 g/mol. The number of primary amides is 1. The van der Waals surface area contributed by atoms with Crippen molar-refractivity contribution < 1.29 is 19.5 Å². The van der Waals surface area contributed by atoms with Crippen LogP contribution in [0.25, 0.3) is 0 Å². The minimum Gasteiger partial charge on any atom is -0.480 e. The number of carboxylic acid groups (broad SMARTS) is 1. The molecule has 0 aromatic heterocycles. The molecule has 2 atom stereocenters. The molecule has 6 N–H and O–H groups in total. The van der Waals surface area contributed by atoms with Gasteiger partial charge in [0.05, 0.1) is 12.5 Å². The van der Waals surface area contributed by atoms with Crippen molar-refractivity contribution in [2.45, 2.75) is 32.4 Å². The number of aliphatic carboxylic acids is 1. The van der Waals surface area contributed by atoms with Crippen molar-refractivity contribution in [3.05, 3.63) is 0 Å². The summed E-state index contributed by atoms with van der Waals surface area (Å²) in [6, 6.07) is -2.13. The van der Waals surface area contributed by atoms with E-state index < -0.39 is 29.9 Å². The molecule has 0 fully saturated rings. The van der Waals surface area contributed by atoms with Gasteiger partial charge >= 0.3 is 5.97 Å². The van der Waals surface area contributed by atoms with Crippen LogP contribution in [-0.4, -0.2) is 35.0 Å². The number of hydrogen-bond acceptors (Lipinski definition) is 4.